The second-order valence-electron chi connectivity index (χ2n) is 4.34. The molecule has 0 N–H and O–H groups in total. The Morgan fingerprint density at radius 1 is 1.12 bits per heavy atom. The van der Waals surface area contributed by atoms with E-state index in [9.17, 15) is 4.79 Å². The molecule has 1 aromatic carbocycles. The number of anilines is 1. The number of allylic oxidation sites excluding steroid dienone is 1. The minimum absolute atomic E-state index is 0.820. The zero-order chi connectivity index (χ0) is 12.1. The Labute approximate surface area is 102 Å². The van der Waals surface area contributed by atoms with Gasteiger partial charge in [-0.25, -0.2) is 0 Å². The molecular formula is C14H18N2O. The number of benzene rings is 1. The van der Waals surface area contributed by atoms with Gasteiger partial charge in [-0.2, -0.15) is 0 Å². The second kappa shape index (κ2) is 5.64. The standard InChI is InChI=1S/C14H18N2O/c1-15-8-10-16(11-9-15)14-7-3-2-5-13(14)6-4-12-17/h2-7,12H,8-11H2,1H3/b6-4+. The van der Waals surface area contributed by atoms with Crippen LogP contribution < -0.4 is 4.90 Å². The maximum absolute atomic E-state index is 10.4. The molecule has 1 heterocycles. The molecule has 2 rings (SSSR count). The zero-order valence-corrected chi connectivity index (χ0v) is 10.2. The molecule has 3 nitrogen and oxygen atoms in total. The van der Waals surface area contributed by atoms with E-state index >= 15 is 0 Å². The highest BCUT2D eigenvalue weighted by atomic mass is 16.1. The highest BCUT2D eigenvalue weighted by Gasteiger charge is 2.15. The van der Waals surface area contributed by atoms with E-state index < -0.39 is 0 Å². The number of para-hydroxylation sites is 1. The van der Waals surface area contributed by atoms with Crippen LogP contribution in [0.15, 0.2) is 30.3 Å². The maximum atomic E-state index is 10.4. The van der Waals surface area contributed by atoms with E-state index in [1.165, 1.54) is 5.69 Å². The molecule has 0 radical (unpaired) electrons. The van der Waals surface area contributed by atoms with E-state index in [2.05, 4.69) is 22.9 Å². The summed E-state index contributed by atoms with van der Waals surface area (Å²) in [7, 11) is 2.15. The summed E-state index contributed by atoms with van der Waals surface area (Å²) in [5.74, 6) is 0. The SMILES string of the molecule is CN1CCN(c2ccccc2/C=C/C=O)CC1. The zero-order valence-electron chi connectivity index (χ0n) is 10.2. The fourth-order valence-electron chi connectivity index (χ4n) is 2.11. The van der Waals surface area contributed by atoms with Crippen molar-refractivity contribution in [3.05, 3.63) is 35.9 Å². The maximum Gasteiger partial charge on any atom is 0.142 e. The van der Waals surface area contributed by atoms with Gasteiger partial charge in [0.1, 0.15) is 6.29 Å². The van der Waals surface area contributed by atoms with Crippen LogP contribution in [0, 0.1) is 0 Å². The fourth-order valence-corrected chi connectivity index (χ4v) is 2.11. The molecule has 3 heteroatoms. The Morgan fingerprint density at radius 2 is 1.82 bits per heavy atom. The number of carbonyl (C=O) groups is 1. The second-order valence-corrected chi connectivity index (χ2v) is 4.34. The van der Waals surface area contributed by atoms with Gasteiger partial charge < -0.3 is 9.80 Å². The first-order valence-electron chi connectivity index (χ1n) is 5.95. The predicted molar refractivity (Wildman–Crippen MR) is 71.3 cm³/mol. The van der Waals surface area contributed by atoms with Crippen LogP contribution in [0.25, 0.3) is 6.08 Å². The minimum Gasteiger partial charge on any atom is -0.368 e. The highest BCUT2D eigenvalue weighted by molar-refractivity contribution is 5.78. The lowest BCUT2D eigenvalue weighted by atomic mass is 10.1. The molecule has 1 fully saturated rings. The molecule has 0 aromatic heterocycles. The van der Waals surface area contributed by atoms with Crippen molar-refractivity contribution in [3.8, 4) is 0 Å². The molecule has 0 amide bonds. The summed E-state index contributed by atoms with van der Waals surface area (Å²) >= 11 is 0. The molecule has 0 atom stereocenters. The Hall–Kier alpha value is -1.61. The molecule has 1 aliphatic rings. The molecule has 0 unspecified atom stereocenters. The summed E-state index contributed by atoms with van der Waals surface area (Å²) in [6, 6.07) is 8.22. The molecule has 0 aliphatic carbocycles. The van der Waals surface area contributed by atoms with E-state index in [4.69, 9.17) is 0 Å². The van der Waals surface area contributed by atoms with Crippen molar-refractivity contribution in [2.45, 2.75) is 0 Å². The van der Waals surface area contributed by atoms with Gasteiger partial charge >= 0.3 is 0 Å². The molecule has 1 aliphatic heterocycles. The van der Waals surface area contributed by atoms with Gasteiger partial charge in [0.15, 0.2) is 0 Å². The Balaban J connectivity index is 2.19. The summed E-state index contributed by atoms with van der Waals surface area (Å²) in [6.07, 6.45) is 4.25. The van der Waals surface area contributed by atoms with Crippen molar-refractivity contribution in [1.29, 1.82) is 0 Å². The van der Waals surface area contributed by atoms with Crippen LogP contribution in [-0.2, 0) is 4.79 Å². The van der Waals surface area contributed by atoms with Gasteiger partial charge in [0.05, 0.1) is 0 Å². The lowest BCUT2D eigenvalue weighted by Crippen LogP contribution is -2.44. The summed E-state index contributed by atoms with van der Waals surface area (Å²) in [4.78, 5) is 15.1. The average molecular weight is 230 g/mol. The van der Waals surface area contributed by atoms with E-state index in [1.54, 1.807) is 6.08 Å². The van der Waals surface area contributed by atoms with Gasteiger partial charge in [-0.15, -0.1) is 0 Å². The van der Waals surface area contributed by atoms with Crippen LogP contribution in [0.2, 0.25) is 0 Å². The molecule has 0 bridgehead atoms. The molecule has 1 aromatic rings. The van der Waals surface area contributed by atoms with Crippen LogP contribution >= 0.6 is 0 Å². The summed E-state index contributed by atoms with van der Waals surface area (Å²) in [6.45, 7) is 4.27. The molecular weight excluding hydrogens is 212 g/mol. The number of likely N-dealkylation sites (N-methyl/N-ethyl adjacent to an activating group) is 1. The van der Waals surface area contributed by atoms with Crippen molar-refractivity contribution in [3.63, 3.8) is 0 Å². The predicted octanol–water partition coefficient (Wildman–Crippen LogP) is 1.65. The highest BCUT2D eigenvalue weighted by Crippen LogP contribution is 2.22. The number of hydrogen-bond acceptors (Lipinski definition) is 3. The van der Waals surface area contributed by atoms with Crippen molar-refractivity contribution >= 4 is 18.0 Å². The first-order valence-corrected chi connectivity index (χ1v) is 5.95. The quantitative estimate of drug-likeness (QED) is 0.582. The van der Waals surface area contributed by atoms with Crippen molar-refractivity contribution < 1.29 is 4.79 Å². The van der Waals surface area contributed by atoms with Crippen LogP contribution in [0.5, 0.6) is 0 Å². The number of piperazine rings is 1. The van der Waals surface area contributed by atoms with Gasteiger partial charge in [-0.3, -0.25) is 4.79 Å². The topological polar surface area (TPSA) is 23.6 Å². The van der Waals surface area contributed by atoms with Gasteiger partial charge in [-0.05, 0) is 30.8 Å². The third kappa shape index (κ3) is 2.94. The number of rotatable bonds is 3. The lowest BCUT2D eigenvalue weighted by Gasteiger charge is -2.34. The normalized spacial score (nSPS) is 17.6. The Kier molecular flexibility index (Phi) is 3.94. The smallest absolute Gasteiger partial charge is 0.142 e. The largest absolute Gasteiger partial charge is 0.368 e. The van der Waals surface area contributed by atoms with Gasteiger partial charge in [-0.1, -0.05) is 18.2 Å². The third-order valence-corrected chi connectivity index (χ3v) is 3.14. The van der Waals surface area contributed by atoms with Gasteiger partial charge in [0.2, 0.25) is 0 Å². The Morgan fingerprint density at radius 3 is 2.53 bits per heavy atom. The Bertz CT molecular complexity index is 406. The van der Waals surface area contributed by atoms with Crippen molar-refractivity contribution in [1.82, 2.24) is 4.90 Å². The number of hydrogen-bond donors (Lipinski definition) is 0. The monoisotopic (exact) mass is 230 g/mol. The first kappa shape index (κ1) is 11.9. The number of carbonyl (C=O) groups excluding carboxylic acids is 1. The van der Waals surface area contributed by atoms with Crippen LogP contribution in [0.4, 0.5) is 5.69 Å². The summed E-state index contributed by atoms with van der Waals surface area (Å²) in [5, 5.41) is 0. The molecule has 90 valence electrons. The van der Waals surface area contributed by atoms with Crippen molar-refractivity contribution in [2.75, 3.05) is 38.1 Å². The number of nitrogens with zero attached hydrogens (tertiary/aromatic N) is 2. The van der Waals surface area contributed by atoms with E-state index in [0.29, 0.717) is 0 Å². The van der Waals surface area contributed by atoms with Crippen LogP contribution in [0.3, 0.4) is 0 Å². The van der Waals surface area contributed by atoms with Crippen LogP contribution in [0.1, 0.15) is 5.56 Å². The molecule has 17 heavy (non-hydrogen) atoms. The molecule has 0 spiro atoms. The molecule has 0 saturated carbocycles. The first-order chi connectivity index (χ1) is 8.31. The van der Waals surface area contributed by atoms with Gasteiger partial charge in [0, 0.05) is 31.9 Å². The number of aldehydes is 1. The third-order valence-electron chi connectivity index (χ3n) is 3.14. The van der Waals surface area contributed by atoms with E-state index in [1.807, 2.05) is 24.3 Å². The van der Waals surface area contributed by atoms with E-state index in [0.717, 1.165) is 38.0 Å². The van der Waals surface area contributed by atoms with Gasteiger partial charge in [0.25, 0.3) is 0 Å². The average Bonchev–Trinajstić information content (AvgIpc) is 2.38. The summed E-state index contributed by atoms with van der Waals surface area (Å²) < 4.78 is 0. The minimum atomic E-state index is 0.820. The van der Waals surface area contributed by atoms with E-state index in [-0.39, 0.29) is 0 Å². The molecule has 1 saturated heterocycles. The van der Waals surface area contributed by atoms with Crippen molar-refractivity contribution in [2.24, 2.45) is 0 Å². The lowest BCUT2D eigenvalue weighted by molar-refractivity contribution is -0.104. The fraction of sp³-hybridized carbons (Fsp3) is 0.357. The summed E-state index contributed by atoms with van der Waals surface area (Å²) in [5.41, 5.74) is 2.34. The van der Waals surface area contributed by atoms with Crippen LogP contribution in [-0.4, -0.2) is 44.4 Å².